The summed E-state index contributed by atoms with van der Waals surface area (Å²) in [6.07, 6.45) is 0. The van der Waals surface area contributed by atoms with Crippen LogP contribution in [0.3, 0.4) is 0 Å². The molecule has 0 spiro atoms. The Morgan fingerprint density at radius 3 is 2.52 bits per heavy atom. The molecule has 0 atom stereocenters. The van der Waals surface area contributed by atoms with E-state index in [9.17, 15) is 0 Å². The highest BCUT2D eigenvalue weighted by Gasteiger charge is 2.18. The average molecular weight is 429 g/mol. The van der Waals surface area contributed by atoms with Gasteiger partial charge in [-0.05, 0) is 57.7 Å². The number of fused-ring (bicyclic) bond motifs is 1. The van der Waals surface area contributed by atoms with Gasteiger partial charge in [-0.2, -0.15) is 0 Å². The van der Waals surface area contributed by atoms with Gasteiger partial charge in [0.15, 0.2) is 0 Å². The van der Waals surface area contributed by atoms with Gasteiger partial charge in [0.1, 0.15) is 11.5 Å². The van der Waals surface area contributed by atoms with Gasteiger partial charge >= 0.3 is 0 Å². The molecule has 0 aliphatic carbocycles. The highest BCUT2D eigenvalue weighted by molar-refractivity contribution is 9.10. The summed E-state index contributed by atoms with van der Waals surface area (Å²) in [5.41, 5.74) is 2.47. The predicted molar refractivity (Wildman–Crippen MR) is 104 cm³/mol. The Balaban J connectivity index is 0.00000109. The fraction of sp³-hybridized carbons (Fsp3) is 0.294. The lowest BCUT2D eigenvalue weighted by Crippen LogP contribution is -2.27. The molecule has 0 fully saturated rings. The fourth-order valence-corrected chi connectivity index (χ4v) is 3.86. The number of hydrogen-bond acceptors (Lipinski definition) is 7. The van der Waals surface area contributed by atoms with E-state index in [1.54, 1.807) is 26.2 Å². The van der Waals surface area contributed by atoms with E-state index in [-0.39, 0.29) is 0 Å². The molecule has 0 aromatic heterocycles. The van der Waals surface area contributed by atoms with Crippen molar-refractivity contribution in [1.82, 2.24) is 4.72 Å². The van der Waals surface area contributed by atoms with E-state index in [1.807, 2.05) is 12.1 Å². The molecule has 2 aromatic carbocycles. The van der Waals surface area contributed by atoms with E-state index in [2.05, 4.69) is 49.8 Å². The fourth-order valence-electron chi connectivity index (χ4n) is 2.55. The third kappa shape index (κ3) is 5.02. The first-order valence-corrected chi connectivity index (χ1v) is 9.17. The number of methoxy groups -OCH3 is 2. The third-order valence-electron chi connectivity index (χ3n) is 3.77. The van der Waals surface area contributed by atoms with Gasteiger partial charge < -0.3 is 14.4 Å². The summed E-state index contributed by atoms with van der Waals surface area (Å²) in [4.78, 5) is 3.56. The topological polar surface area (TPSA) is 74.2 Å². The number of nitrogens with zero attached hydrogens (tertiary/aromatic N) is 1. The molecule has 0 saturated carbocycles. The van der Waals surface area contributed by atoms with Crippen LogP contribution in [0, 0.1) is 0 Å². The lowest BCUT2D eigenvalue weighted by atomic mass is 10.2. The molecule has 25 heavy (non-hydrogen) atoms. The summed E-state index contributed by atoms with van der Waals surface area (Å²) < 4.78 is 15.0. The number of anilines is 1. The molecule has 3 N–H and O–H groups in total. The number of rotatable bonds is 4. The monoisotopic (exact) mass is 428 g/mol. The van der Waals surface area contributed by atoms with E-state index in [1.165, 1.54) is 16.1 Å². The van der Waals surface area contributed by atoms with Crippen LogP contribution in [-0.4, -0.2) is 37.8 Å². The Morgan fingerprint density at radius 1 is 1.16 bits per heavy atom. The summed E-state index contributed by atoms with van der Waals surface area (Å²) in [5, 5.41) is 12.0. The minimum absolute atomic E-state index is 0.851. The lowest BCUT2D eigenvalue weighted by Gasteiger charge is -2.25. The van der Waals surface area contributed by atoms with Gasteiger partial charge in [-0.15, -0.1) is 0 Å². The van der Waals surface area contributed by atoms with Crippen LogP contribution in [0.2, 0.25) is 0 Å². The highest BCUT2D eigenvalue weighted by atomic mass is 79.9. The quantitative estimate of drug-likeness (QED) is 0.384. The first-order valence-electron chi connectivity index (χ1n) is 7.56. The van der Waals surface area contributed by atoms with Crippen molar-refractivity contribution >= 4 is 33.6 Å². The van der Waals surface area contributed by atoms with E-state index < -0.39 is 0 Å². The molecule has 0 amide bonds. The molecule has 0 saturated heterocycles. The first-order chi connectivity index (χ1) is 12.2. The van der Waals surface area contributed by atoms with Crippen molar-refractivity contribution in [3.8, 4) is 11.5 Å². The Bertz CT molecular complexity index is 685. The number of ether oxygens (including phenoxy) is 2. The van der Waals surface area contributed by atoms with Crippen molar-refractivity contribution in [2.45, 2.75) is 11.4 Å². The molecule has 136 valence electrons. The van der Waals surface area contributed by atoms with E-state index >= 15 is 0 Å². The summed E-state index contributed by atoms with van der Waals surface area (Å²) in [6, 6.07) is 12.4. The number of halogens is 1. The van der Waals surface area contributed by atoms with Crippen molar-refractivity contribution in [3.63, 3.8) is 0 Å². The van der Waals surface area contributed by atoms with Crippen molar-refractivity contribution in [2.24, 2.45) is 0 Å². The van der Waals surface area contributed by atoms with Crippen molar-refractivity contribution in [1.29, 1.82) is 0 Å². The van der Waals surface area contributed by atoms with Crippen molar-refractivity contribution in [3.05, 3.63) is 46.4 Å². The minimum Gasteiger partial charge on any atom is -0.497 e. The van der Waals surface area contributed by atoms with Crippen molar-refractivity contribution in [2.75, 3.05) is 32.2 Å². The minimum atomic E-state index is 0.851. The van der Waals surface area contributed by atoms with Gasteiger partial charge in [0.2, 0.25) is 0 Å². The van der Waals surface area contributed by atoms with Gasteiger partial charge in [-0.3, -0.25) is 15.2 Å². The molecule has 0 radical (unpaired) electrons. The van der Waals surface area contributed by atoms with Crippen LogP contribution in [0.15, 0.2) is 45.8 Å². The second-order valence-electron chi connectivity index (χ2n) is 5.22. The van der Waals surface area contributed by atoms with Crippen LogP contribution in [0.1, 0.15) is 5.56 Å². The zero-order valence-corrected chi connectivity index (χ0v) is 16.4. The zero-order valence-electron chi connectivity index (χ0n) is 14.0. The summed E-state index contributed by atoms with van der Waals surface area (Å²) in [7, 11) is 3.38. The number of nitrogens with one attached hydrogen (secondary N) is 1. The van der Waals surface area contributed by atoms with Gasteiger partial charge in [0.25, 0.3) is 0 Å². The number of hydrogen-bond donors (Lipinski definition) is 3. The molecule has 1 aliphatic rings. The molecular weight excluding hydrogens is 408 g/mol. The molecule has 2 aromatic rings. The van der Waals surface area contributed by atoms with Gasteiger partial charge in [-0.25, -0.2) is 0 Å². The number of benzene rings is 2. The highest BCUT2D eigenvalue weighted by Crippen LogP contribution is 2.39. The predicted octanol–water partition coefficient (Wildman–Crippen LogP) is 4.10. The van der Waals surface area contributed by atoms with Crippen LogP contribution in [0.5, 0.6) is 11.5 Å². The van der Waals surface area contributed by atoms with E-state index in [0.29, 0.717) is 0 Å². The Morgan fingerprint density at radius 2 is 1.88 bits per heavy atom. The molecule has 3 rings (SSSR count). The largest absolute Gasteiger partial charge is 0.497 e. The van der Waals surface area contributed by atoms with Crippen LogP contribution in [-0.2, 0) is 6.54 Å². The Kier molecular flexibility index (Phi) is 7.86. The molecular formula is C17H21BrN2O4S. The van der Waals surface area contributed by atoms with Crippen LogP contribution < -0.4 is 19.1 Å². The smallest absolute Gasteiger partial charge is 0.134 e. The average Bonchev–Trinajstić information content (AvgIpc) is 2.85. The molecule has 0 unspecified atom stereocenters. The first kappa shape index (κ1) is 19.9. The summed E-state index contributed by atoms with van der Waals surface area (Å²) in [5.74, 6) is 1.74. The van der Waals surface area contributed by atoms with Gasteiger partial charge in [0, 0.05) is 24.5 Å². The van der Waals surface area contributed by atoms with E-state index in [0.717, 1.165) is 35.6 Å². The molecule has 8 heteroatoms. The molecule has 0 bridgehead atoms. The SMILES string of the molecule is COc1ccc(CN2CCNSc3cc(OC)c(Br)cc32)cc1.OO. The normalized spacial score (nSPS) is 13.2. The van der Waals surface area contributed by atoms with Crippen LogP contribution in [0.25, 0.3) is 0 Å². The van der Waals surface area contributed by atoms with Crippen molar-refractivity contribution < 1.29 is 20.0 Å². The van der Waals surface area contributed by atoms with Crippen LogP contribution in [0.4, 0.5) is 5.69 Å². The standard InChI is InChI=1S/C17H19BrN2O2S.H2O2/c1-21-13-5-3-12(4-6-13)11-20-8-7-19-23-17-10-16(22-2)14(18)9-15(17)20;1-2/h3-6,9-10,19H,7-8,11H2,1-2H3;1-2H. The zero-order chi connectivity index (χ0) is 18.2. The Labute approximate surface area is 159 Å². The second kappa shape index (κ2) is 9.88. The Hall–Kier alpha value is -1.45. The third-order valence-corrected chi connectivity index (χ3v) is 5.29. The maximum Gasteiger partial charge on any atom is 0.134 e. The van der Waals surface area contributed by atoms with Gasteiger partial charge in [-0.1, -0.05) is 12.1 Å². The maximum absolute atomic E-state index is 6.00. The molecule has 1 aliphatic heterocycles. The molecule has 1 heterocycles. The molecule has 6 nitrogen and oxygen atoms in total. The maximum atomic E-state index is 6.00. The summed E-state index contributed by atoms with van der Waals surface area (Å²) >= 11 is 5.25. The van der Waals surface area contributed by atoms with E-state index in [4.69, 9.17) is 20.0 Å². The lowest BCUT2D eigenvalue weighted by molar-refractivity contribution is -0.176. The van der Waals surface area contributed by atoms with Crippen LogP contribution >= 0.6 is 27.9 Å². The van der Waals surface area contributed by atoms with Gasteiger partial charge in [0.05, 0.1) is 24.4 Å². The summed E-state index contributed by atoms with van der Waals surface area (Å²) in [6.45, 7) is 2.73. The second-order valence-corrected chi connectivity index (χ2v) is 7.01.